The largest absolute Gasteiger partial charge is 0.490 e. The van der Waals surface area contributed by atoms with Gasteiger partial charge in [-0.25, -0.2) is 4.39 Å². The number of nitrogens with two attached hydrogens (primary N) is 1. The van der Waals surface area contributed by atoms with Crippen molar-refractivity contribution in [2.24, 2.45) is 11.7 Å². The highest BCUT2D eigenvalue weighted by Gasteiger charge is 2.17. The summed E-state index contributed by atoms with van der Waals surface area (Å²) in [4.78, 5) is 0. The molecule has 3 nitrogen and oxygen atoms in total. The predicted octanol–water partition coefficient (Wildman–Crippen LogP) is 2.91. The molecule has 4 heteroatoms. The highest BCUT2D eigenvalue weighted by molar-refractivity contribution is 5.35. The average Bonchev–Trinajstić information content (AvgIpc) is 2.47. The highest BCUT2D eigenvalue weighted by Crippen LogP contribution is 2.26. The van der Waals surface area contributed by atoms with Crippen LogP contribution in [0, 0.1) is 11.7 Å². The SMILES string of the molecule is CCC(N)Cc1cccc(F)c1OCC1CCOCC1. The lowest BCUT2D eigenvalue weighted by molar-refractivity contribution is 0.0490. The van der Waals surface area contributed by atoms with Gasteiger partial charge in [0.2, 0.25) is 0 Å². The number of hydrogen-bond donors (Lipinski definition) is 1. The summed E-state index contributed by atoms with van der Waals surface area (Å²) in [5.74, 6) is 0.539. The molecule has 1 atom stereocenters. The zero-order valence-electron chi connectivity index (χ0n) is 12.1. The van der Waals surface area contributed by atoms with Gasteiger partial charge in [0.25, 0.3) is 0 Å². The van der Waals surface area contributed by atoms with Gasteiger partial charge in [-0.05, 0) is 43.2 Å². The molecule has 1 fully saturated rings. The van der Waals surface area contributed by atoms with E-state index in [1.807, 2.05) is 13.0 Å². The Hall–Kier alpha value is -1.13. The maximum atomic E-state index is 14.0. The Kier molecular flexibility index (Phi) is 5.80. The zero-order valence-corrected chi connectivity index (χ0v) is 12.1. The first-order chi connectivity index (χ1) is 9.70. The molecule has 0 saturated carbocycles. The van der Waals surface area contributed by atoms with E-state index in [4.69, 9.17) is 15.2 Å². The van der Waals surface area contributed by atoms with Gasteiger partial charge in [-0.15, -0.1) is 0 Å². The number of halogens is 1. The van der Waals surface area contributed by atoms with E-state index in [1.54, 1.807) is 6.07 Å². The quantitative estimate of drug-likeness (QED) is 0.872. The smallest absolute Gasteiger partial charge is 0.165 e. The van der Waals surface area contributed by atoms with Crippen molar-refractivity contribution < 1.29 is 13.9 Å². The minimum atomic E-state index is -0.294. The Morgan fingerprint density at radius 3 is 2.85 bits per heavy atom. The maximum Gasteiger partial charge on any atom is 0.165 e. The van der Waals surface area contributed by atoms with Crippen molar-refractivity contribution in [1.29, 1.82) is 0 Å². The van der Waals surface area contributed by atoms with Gasteiger partial charge in [0.1, 0.15) is 0 Å². The molecule has 1 aromatic rings. The molecule has 1 aromatic carbocycles. The van der Waals surface area contributed by atoms with Crippen LogP contribution in [0.1, 0.15) is 31.7 Å². The summed E-state index contributed by atoms with van der Waals surface area (Å²) in [5.41, 5.74) is 6.84. The van der Waals surface area contributed by atoms with Crippen LogP contribution < -0.4 is 10.5 Å². The standard InChI is InChI=1S/C16H24FNO2/c1-2-14(18)10-13-4-3-5-15(17)16(13)20-11-12-6-8-19-9-7-12/h3-5,12,14H,2,6-11,18H2,1H3. The molecule has 0 bridgehead atoms. The summed E-state index contributed by atoms with van der Waals surface area (Å²) in [6, 6.07) is 5.11. The molecule has 20 heavy (non-hydrogen) atoms. The Morgan fingerprint density at radius 2 is 2.15 bits per heavy atom. The third-order valence-electron chi connectivity index (χ3n) is 3.86. The van der Waals surface area contributed by atoms with Crippen molar-refractivity contribution >= 4 is 0 Å². The van der Waals surface area contributed by atoms with E-state index < -0.39 is 0 Å². The van der Waals surface area contributed by atoms with Gasteiger partial charge in [-0.2, -0.15) is 0 Å². The van der Waals surface area contributed by atoms with Gasteiger partial charge in [0, 0.05) is 19.3 Å². The molecule has 1 unspecified atom stereocenters. The van der Waals surface area contributed by atoms with E-state index in [0.717, 1.165) is 38.0 Å². The second-order valence-electron chi connectivity index (χ2n) is 5.47. The summed E-state index contributed by atoms with van der Waals surface area (Å²) in [6.45, 7) is 4.14. The van der Waals surface area contributed by atoms with E-state index in [-0.39, 0.29) is 11.9 Å². The van der Waals surface area contributed by atoms with Gasteiger partial charge in [0.05, 0.1) is 6.61 Å². The number of hydrogen-bond acceptors (Lipinski definition) is 3. The van der Waals surface area contributed by atoms with Gasteiger partial charge < -0.3 is 15.2 Å². The monoisotopic (exact) mass is 281 g/mol. The molecule has 0 spiro atoms. The van der Waals surface area contributed by atoms with Crippen LogP contribution in [0.4, 0.5) is 4.39 Å². The van der Waals surface area contributed by atoms with Crippen LogP contribution >= 0.6 is 0 Å². The fourth-order valence-corrected chi connectivity index (χ4v) is 2.42. The van der Waals surface area contributed by atoms with E-state index >= 15 is 0 Å². The Balaban J connectivity index is 2.01. The highest BCUT2D eigenvalue weighted by atomic mass is 19.1. The van der Waals surface area contributed by atoms with Crippen LogP contribution in [0.3, 0.4) is 0 Å². The Bertz CT molecular complexity index is 419. The fourth-order valence-electron chi connectivity index (χ4n) is 2.42. The van der Waals surface area contributed by atoms with Crippen molar-refractivity contribution in [2.45, 2.75) is 38.6 Å². The van der Waals surface area contributed by atoms with Crippen molar-refractivity contribution in [3.8, 4) is 5.75 Å². The van der Waals surface area contributed by atoms with E-state index in [1.165, 1.54) is 6.07 Å². The molecular weight excluding hydrogens is 257 g/mol. The predicted molar refractivity (Wildman–Crippen MR) is 77.4 cm³/mol. The van der Waals surface area contributed by atoms with Crippen molar-refractivity contribution in [1.82, 2.24) is 0 Å². The lowest BCUT2D eigenvalue weighted by atomic mass is 10.0. The second kappa shape index (κ2) is 7.60. The van der Waals surface area contributed by atoms with Crippen LogP contribution in [0.25, 0.3) is 0 Å². The molecule has 1 saturated heterocycles. The minimum absolute atomic E-state index is 0.0437. The van der Waals surface area contributed by atoms with Crippen LogP contribution in [0.15, 0.2) is 18.2 Å². The van der Waals surface area contributed by atoms with E-state index in [9.17, 15) is 4.39 Å². The first kappa shape index (κ1) is 15.3. The van der Waals surface area contributed by atoms with E-state index in [0.29, 0.717) is 24.7 Å². The lowest BCUT2D eigenvalue weighted by Gasteiger charge is -2.23. The molecule has 1 heterocycles. The molecule has 1 aliphatic rings. The summed E-state index contributed by atoms with van der Waals surface area (Å²) in [6.07, 6.45) is 3.49. The normalized spacial score (nSPS) is 17.9. The topological polar surface area (TPSA) is 44.5 Å². The van der Waals surface area contributed by atoms with Gasteiger partial charge in [0.15, 0.2) is 11.6 Å². The molecule has 0 radical (unpaired) electrons. The Labute approximate surface area is 120 Å². The van der Waals surface area contributed by atoms with Crippen LogP contribution in [0.2, 0.25) is 0 Å². The summed E-state index contributed by atoms with van der Waals surface area (Å²) in [5, 5.41) is 0. The fraction of sp³-hybridized carbons (Fsp3) is 0.625. The summed E-state index contributed by atoms with van der Waals surface area (Å²) < 4.78 is 25.1. The summed E-state index contributed by atoms with van der Waals surface area (Å²) in [7, 11) is 0. The summed E-state index contributed by atoms with van der Waals surface area (Å²) >= 11 is 0. The van der Waals surface area contributed by atoms with Crippen LogP contribution in [-0.2, 0) is 11.2 Å². The van der Waals surface area contributed by atoms with Crippen LogP contribution in [0.5, 0.6) is 5.75 Å². The molecule has 1 aliphatic heterocycles. The second-order valence-corrected chi connectivity index (χ2v) is 5.47. The van der Waals surface area contributed by atoms with Gasteiger partial charge in [-0.3, -0.25) is 0 Å². The molecule has 2 rings (SSSR count). The average molecular weight is 281 g/mol. The first-order valence-corrected chi connectivity index (χ1v) is 7.44. The number of ether oxygens (including phenoxy) is 2. The number of rotatable bonds is 6. The van der Waals surface area contributed by atoms with E-state index in [2.05, 4.69) is 0 Å². The maximum absolute atomic E-state index is 14.0. The van der Waals surface area contributed by atoms with Crippen molar-refractivity contribution in [2.75, 3.05) is 19.8 Å². The molecule has 112 valence electrons. The number of benzene rings is 1. The van der Waals surface area contributed by atoms with Crippen molar-refractivity contribution in [3.05, 3.63) is 29.6 Å². The first-order valence-electron chi connectivity index (χ1n) is 7.44. The van der Waals surface area contributed by atoms with Gasteiger partial charge >= 0.3 is 0 Å². The molecule has 0 aliphatic carbocycles. The number of para-hydroxylation sites is 1. The Morgan fingerprint density at radius 1 is 1.40 bits per heavy atom. The molecule has 2 N–H and O–H groups in total. The zero-order chi connectivity index (χ0) is 14.4. The van der Waals surface area contributed by atoms with Gasteiger partial charge in [-0.1, -0.05) is 19.1 Å². The molecule has 0 amide bonds. The van der Waals surface area contributed by atoms with Crippen LogP contribution in [-0.4, -0.2) is 25.9 Å². The lowest BCUT2D eigenvalue weighted by Crippen LogP contribution is -2.24. The minimum Gasteiger partial charge on any atom is -0.490 e. The van der Waals surface area contributed by atoms with Crippen molar-refractivity contribution in [3.63, 3.8) is 0 Å². The molecule has 0 aromatic heterocycles. The third-order valence-corrected chi connectivity index (χ3v) is 3.86. The third kappa shape index (κ3) is 4.18. The molecular formula is C16H24FNO2.